The van der Waals surface area contributed by atoms with Crippen molar-refractivity contribution in [1.82, 2.24) is 0 Å². The standard InChI is InChI=1S/C18H16ClF4NO3/c1-18(2)11(5-8(19)6-24)12(18)17(26)27-7-10-15(22)13(20)9(3-4-25)14(21)16(10)23/h5,11-12,25H,3-4,7H2,1-2H3/b8-5-/t11-,12-/m0/s1. The summed E-state index contributed by atoms with van der Waals surface area (Å²) in [5.74, 6) is -8.58. The molecule has 1 aliphatic carbocycles. The first-order chi connectivity index (χ1) is 12.6. The first-order valence-corrected chi connectivity index (χ1v) is 8.34. The fourth-order valence-electron chi connectivity index (χ4n) is 3.05. The third kappa shape index (κ3) is 3.94. The smallest absolute Gasteiger partial charge is 0.310 e. The van der Waals surface area contributed by atoms with E-state index in [4.69, 9.17) is 26.7 Å². The largest absolute Gasteiger partial charge is 0.460 e. The Kier molecular flexibility index (Phi) is 6.17. The van der Waals surface area contributed by atoms with Gasteiger partial charge in [-0.05, 0) is 11.3 Å². The molecule has 0 spiro atoms. The monoisotopic (exact) mass is 405 g/mol. The average molecular weight is 406 g/mol. The Labute approximate surface area is 158 Å². The lowest BCUT2D eigenvalue weighted by molar-refractivity contribution is -0.147. The Morgan fingerprint density at radius 2 is 1.74 bits per heavy atom. The normalized spacial score (nSPS) is 20.9. The van der Waals surface area contributed by atoms with Gasteiger partial charge in [0.15, 0.2) is 23.3 Å². The number of hydrogen-bond acceptors (Lipinski definition) is 4. The highest BCUT2D eigenvalue weighted by molar-refractivity contribution is 6.31. The molecular formula is C18H16ClF4NO3. The van der Waals surface area contributed by atoms with Crippen LogP contribution < -0.4 is 0 Å². The minimum absolute atomic E-state index is 0.107. The Morgan fingerprint density at radius 3 is 2.22 bits per heavy atom. The van der Waals surface area contributed by atoms with Crippen LogP contribution >= 0.6 is 11.6 Å². The lowest BCUT2D eigenvalue weighted by Gasteiger charge is -2.12. The van der Waals surface area contributed by atoms with Gasteiger partial charge in [-0.2, -0.15) is 5.26 Å². The van der Waals surface area contributed by atoms with E-state index in [9.17, 15) is 22.4 Å². The van der Waals surface area contributed by atoms with Gasteiger partial charge in [0.2, 0.25) is 0 Å². The van der Waals surface area contributed by atoms with Crippen molar-refractivity contribution in [3.63, 3.8) is 0 Å². The number of benzene rings is 1. The van der Waals surface area contributed by atoms with E-state index in [2.05, 4.69) is 0 Å². The van der Waals surface area contributed by atoms with Gasteiger partial charge in [0, 0.05) is 18.6 Å². The highest BCUT2D eigenvalue weighted by Gasteiger charge is 2.61. The molecule has 0 heterocycles. The van der Waals surface area contributed by atoms with E-state index < -0.39 is 77.3 Å². The minimum atomic E-state index is -1.68. The van der Waals surface area contributed by atoms with Crippen LogP contribution in [0.5, 0.6) is 0 Å². The molecule has 1 saturated carbocycles. The van der Waals surface area contributed by atoms with E-state index in [1.165, 1.54) is 6.08 Å². The molecule has 0 amide bonds. The number of aliphatic hydroxyl groups is 1. The fourth-order valence-corrected chi connectivity index (χ4v) is 3.18. The average Bonchev–Trinajstić information content (AvgIpc) is 3.16. The zero-order chi connectivity index (χ0) is 20.5. The second-order valence-electron chi connectivity index (χ2n) is 6.75. The van der Waals surface area contributed by atoms with Crippen LogP contribution in [0.25, 0.3) is 0 Å². The van der Waals surface area contributed by atoms with Crippen LogP contribution in [-0.2, 0) is 22.6 Å². The van der Waals surface area contributed by atoms with Crippen LogP contribution in [0.2, 0.25) is 0 Å². The minimum Gasteiger partial charge on any atom is -0.460 e. The van der Waals surface area contributed by atoms with Crippen molar-refractivity contribution in [3.05, 3.63) is 45.5 Å². The zero-order valence-corrected chi connectivity index (χ0v) is 15.2. The summed E-state index contributed by atoms with van der Waals surface area (Å²) in [6, 6.07) is 1.71. The highest BCUT2D eigenvalue weighted by Crippen LogP contribution is 2.60. The van der Waals surface area contributed by atoms with Crippen LogP contribution in [0.1, 0.15) is 25.0 Å². The molecule has 4 nitrogen and oxygen atoms in total. The molecule has 1 aromatic carbocycles. The number of hydrogen-bond donors (Lipinski definition) is 1. The summed E-state index contributed by atoms with van der Waals surface area (Å²) in [4.78, 5) is 12.2. The molecule has 0 aliphatic heterocycles. The number of halogens is 5. The third-order valence-electron chi connectivity index (χ3n) is 4.76. The summed E-state index contributed by atoms with van der Waals surface area (Å²) in [7, 11) is 0. The van der Waals surface area contributed by atoms with Crippen LogP contribution in [-0.4, -0.2) is 17.7 Å². The molecule has 0 unspecified atom stereocenters. The SMILES string of the molecule is CC1(C)[C@H](C(=O)OCc2c(F)c(F)c(CCO)c(F)c2F)[C@@H]1/C=C(\Cl)C#N. The summed E-state index contributed by atoms with van der Waals surface area (Å²) < 4.78 is 60.6. The van der Waals surface area contributed by atoms with Gasteiger partial charge in [-0.15, -0.1) is 0 Å². The number of esters is 1. The molecule has 1 N–H and O–H groups in total. The Morgan fingerprint density at radius 1 is 1.22 bits per heavy atom. The first kappa shape index (κ1) is 21.2. The molecule has 1 fully saturated rings. The number of ether oxygens (including phenoxy) is 1. The molecule has 27 heavy (non-hydrogen) atoms. The van der Waals surface area contributed by atoms with Crippen molar-refractivity contribution in [2.45, 2.75) is 26.9 Å². The number of rotatable bonds is 6. The van der Waals surface area contributed by atoms with E-state index in [1.807, 2.05) is 0 Å². The molecule has 0 bridgehead atoms. The molecule has 2 atom stereocenters. The number of nitrogens with zero attached hydrogens (tertiary/aromatic N) is 1. The maximum atomic E-state index is 14.0. The predicted octanol–water partition coefficient (Wildman–Crippen LogP) is 3.74. The number of aliphatic hydroxyl groups excluding tert-OH is 1. The van der Waals surface area contributed by atoms with Gasteiger partial charge in [0.05, 0.1) is 11.5 Å². The molecule has 1 aliphatic rings. The third-order valence-corrected chi connectivity index (χ3v) is 4.97. The Hall–Kier alpha value is -2.11. The molecule has 0 radical (unpaired) electrons. The van der Waals surface area contributed by atoms with Crippen molar-refractivity contribution in [3.8, 4) is 6.07 Å². The van der Waals surface area contributed by atoms with E-state index >= 15 is 0 Å². The Balaban J connectivity index is 2.18. The quantitative estimate of drug-likeness (QED) is 0.339. The zero-order valence-electron chi connectivity index (χ0n) is 14.5. The van der Waals surface area contributed by atoms with Gasteiger partial charge in [-0.3, -0.25) is 4.79 Å². The highest BCUT2D eigenvalue weighted by atomic mass is 35.5. The van der Waals surface area contributed by atoms with Gasteiger partial charge in [0.1, 0.15) is 17.7 Å². The second kappa shape index (κ2) is 7.87. The molecule has 9 heteroatoms. The molecular weight excluding hydrogens is 390 g/mol. The van der Waals surface area contributed by atoms with E-state index in [0.717, 1.165) is 0 Å². The number of allylic oxidation sites excluding steroid dienone is 2. The van der Waals surface area contributed by atoms with E-state index in [1.54, 1.807) is 19.9 Å². The van der Waals surface area contributed by atoms with Crippen LogP contribution in [0, 0.1) is 51.9 Å². The van der Waals surface area contributed by atoms with Gasteiger partial charge in [-0.1, -0.05) is 31.5 Å². The second-order valence-corrected chi connectivity index (χ2v) is 7.15. The number of carbonyl (C=O) groups is 1. The molecule has 0 saturated heterocycles. The molecule has 146 valence electrons. The van der Waals surface area contributed by atoms with Crippen LogP contribution in [0.4, 0.5) is 17.6 Å². The summed E-state index contributed by atoms with van der Waals surface area (Å²) in [5, 5.41) is 17.3. The van der Waals surface area contributed by atoms with Crippen molar-refractivity contribution in [1.29, 1.82) is 5.26 Å². The maximum Gasteiger partial charge on any atom is 0.310 e. The summed E-state index contributed by atoms with van der Waals surface area (Å²) in [6.45, 7) is 1.73. The number of nitriles is 1. The van der Waals surface area contributed by atoms with Crippen LogP contribution in [0.3, 0.4) is 0 Å². The first-order valence-electron chi connectivity index (χ1n) is 7.96. The predicted molar refractivity (Wildman–Crippen MR) is 87.2 cm³/mol. The molecule has 0 aromatic heterocycles. The van der Waals surface area contributed by atoms with Gasteiger partial charge >= 0.3 is 5.97 Å². The summed E-state index contributed by atoms with van der Waals surface area (Å²) in [5.41, 5.74) is -2.56. The van der Waals surface area contributed by atoms with Crippen LogP contribution in [0.15, 0.2) is 11.1 Å². The van der Waals surface area contributed by atoms with E-state index in [-0.39, 0.29) is 5.03 Å². The Bertz CT molecular complexity index is 819. The topological polar surface area (TPSA) is 70.3 Å². The van der Waals surface area contributed by atoms with Crippen molar-refractivity contribution in [2.24, 2.45) is 17.3 Å². The van der Waals surface area contributed by atoms with Gasteiger partial charge in [-0.25, -0.2) is 17.6 Å². The van der Waals surface area contributed by atoms with Crippen molar-refractivity contribution >= 4 is 17.6 Å². The summed E-state index contributed by atoms with van der Waals surface area (Å²) >= 11 is 5.63. The molecule has 1 aromatic rings. The fraction of sp³-hybridized carbons (Fsp3) is 0.444. The van der Waals surface area contributed by atoms with E-state index in [0.29, 0.717) is 0 Å². The van der Waals surface area contributed by atoms with Gasteiger partial charge < -0.3 is 9.84 Å². The van der Waals surface area contributed by atoms with Crippen molar-refractivity contribution < 1.29 is 32.2 Å². The maximum absolute atomic E-state index is 14.0. The summed E-state index contributed by atoms with van der Waals surface area (Å²) in [6.07, 6.45) is 0.785. The lowest BCUT2D eigenvalue weighted by Crippen LogP contribution is -2.15. The lowest BCUT2D eigenvalue weighted by atomic mass is 10.1. The molecule has 2 rings (SSSR count). The van der Waals surface area contributed by atoms with Crippen molar-refractivity contribution in [2.75, 3.05) is 6.61 Å². The number of carbonyl (C=O) groups excluding carboxylic acids is 1. The van der Waals surface area contributed by atoms with Gasteiger partial charge in [0.25, 0.3) is 0 Å².